The molecule has 4 aromatic rings. The van der Waals surface area contributed by atoms with Gasteiger partial charge in [0.25, 0.3) is 5.91 Å². The summed E-state index contributed by atoms with van der Waals surface area (Å²) in [5, 5.41) is 0.642. The Kier molecular flexibility index (Phi) is 5.65. The molecule has 1 aromatic heterocycles. The molecule has 2 N–H and O–H groups in total. The van der Waals surface area contributed by atoms with E-state index in [9.17, 15) is 9.18 Å². The lowest BCUT2D eigenvalue weighted by Gasteiger charge is -2.07. The van der Waals surface area contributed by atoms with Gasteiger partial charge >= 0.3 is 0 Å². The van der Waals surface area contributed by atoms with Crippen molar-refractivity contribution in [2.75, 3.05) is 6.61 Å². The highest BCUT2D eigenvalue weighted by Gasteiger charge is 2.23. The average Bonchev–Trinajstić information content (AvgIpc) is 3.45. The molecule has 1 aliphatic rings. The first-order valence-corrected chi connectivity index (χ1v) is 11.3. The van der Waals surface area contributed by atoms with Gasteiger partial charge in [-0.15, -0.1) is 0 Å². The second-order valence-electron chi connectivity index (χ2n) is 8.94. The highest BCUT2D eigenvalue weighted by atomic mass is 19.1. The number of carbonyl (C=O) groups excluding carboxylic acids is 1. The molecule has 34 heavy (non-hydrogen) atoms. The third-order valence-corrected chi connectivity index (χ3v) is 6.13. The van der Waals surface area contributed by atoms with Crippen LogP contribution >= 0.6 is 0 Å². The van der Waals surface area contributed by atoms with E-state index in [1.165, 1.54) is 12.1 Å². The van der Waals surface area contributed by atoms with Crippen LogP contribution in [-0.2, 0) is 11.2 Å². The fourth-order valence-electron chi connectivity index (χ4n) is 4.24. The number of nitrogens with two attached hydrogens (primary N) is 1. The molecule has 1 atom stereocenters. The number of fused-ring (bicyclic) bond motifs is 1. The predicted molar refractivity (Wildman–Crippen MR) is 130 cm³/mol. The maximum absolute atomic E-state index is 13.4. The Bertz CT molecular complexity index is 1400. The number of hydrogen-bond donors (Lipinski definition) is 1. The quantitative estimate of drug-likeness (QED) is 0.402. The van der Waals surface area contributed by atoms with Gasteiger partial charge in [0.1, 0.15) is 23.8 Å². The van der Waals surface area contributed by atoms with Crippen molar-refractivity contribution in [3.05, 3.63) is 94.8 Å². The lowest BCUT2D eigenvalue weighted by molar-refractivity contribution is 0.100. The van der Waals surface area contributed by atoms with E-state index in [-0.39, 0.29) is 11.9 Å². The molecule has 6 heteroatoms. The summed E-state index contributed by atoms with van der Waals surface area (Å²) >= 11 is 0. The number of primary amides is 1. The Balaban J connectivity index is 1.48. The van der Waals surface area contributed by atoms with E-state index < -0.39 is 5.91 Å². The van der Waals surface area contributed by atoms with Crippen LogP contribution in [0.3, 0.4) is 0 Å². The summed E-state index contributed by atoms with van der Waals surface area (Å²) in [4.78, 5) is 17.1. The number of halogens is 1. The van der Waals surface area contributed by atoms with Gasteiger partial charge in [-0.25, -0.2) is 9.38 Å². The summed E-state index contributed by atoms with van der Waals surface area (Å²) in [7, 11) is 0. The number of benzene rings is 3. The molecule has 0 radical (unpaired) electrons. The van der Waals surface area contributed by atoms with Crippen molar-refractivity contribution in [2.24, 2.45) is 16.6 Å². The van der Waals surface area contributed by atoms with Gasteiger partial charge in [-0.05, 0) is 72.0 Å². The van der Waals surface area contributed by atoms with E-state index in [1.54, 1.807) is 12.1 Å². The molecule has 1 unspecified atom stereocenters. The van der Waals surface area contributed by atoms with E-state index >= 15 is 0 Å². The second-order valence-corrected chi connectivity index (χ2v) is 8.94. The number of furan rings is 1. The number of aliphatic imine (C=N–C) groups is 1. The first kappa shape index (κ1) is 21.9. The topological polar surface area (TPSA) is 77.8 Å². The molecular formula is C28H25FN2O3. The van der Waals surface area contributed by atoms with E-state index in [1.807, 2.05) is 30.3 Å². The van der Waals surface area contributed by atoms with Crippen molar-refractivity contribution in [2.45, 2.75) is 26.3 Å². The maximum Gasteiger partial charge on any atom is 0.253 e. The SMILES string of the molecule is CC(C)C1COC(c2cccc(Cc3ccc4oc(-c5ccc(F)cc5)c(C(N)=O)c4c3)c2)=N1. The van der Waals surface area contributed by atoms with Gasteiger partial charge in [-0.1, -0.05) is 32.0 Å². The molecule has 1 amide bonds. The fraction of sp³-hybridized carbons (Fsp3) is 0.214. The summed E-state index contributed by atoms with van der Waals surface area (Å²) in [5.41, 5.74) is 10.2. The van der Waals surface area contributed by atoms with Crippen LogP contribution in [0.2, 0.25) is 0 Å². The lowest BCUT2D eigenvalue weighted by Crippen LogP contribution is -2.13. The zero-order valence-corrected chi connectivity index (χ0v) is 19.0. The molecular weight excluding hydrogens is 431 g/mol. The first-order valence-electron chi connectivity index (χ1n) is 11.3. The maximum atomic E-state index is 13.4. The van der Waals surface area contributed by atoms with Gasteiger partial charge in [0.05, 0.1) is 11.6 Å². The summed E-state index contributed by atoms with van der Waals surface area (Å²) in [6.45, 7) is 4.90. The molecule has 2 heterocycles. The second kappa shape index (κ2) is 8.78. The van der Waals surface area contributed by atoms with E-state index in [2.05, 4.69) is 26.0 Å². The van der Waals surface area contributed by atoms with Crippen molar-refractivity contribution >= 4 is 22.8 Å². The minimum absolute atomic E-state index is 0.185. The first-order chi connectivity index (χ1) is 16.4. The summed E-state index contributed by atoms with van der Waals surface area (Å²) in [5.74, 6) is 0.511. The minimum atomic E-state index is -0.590. The fourth-order valence-corrected chi connectivity index (χ4v) is 4.24. The van der Waals surface area contributed by atoms with Crippen molar-refractivity contribution in [3.63, 3.8) is 0 Å². The molecule has 0 bridgehead atoms. The molecule has 172 valence electrons. The van der Waals surface area contributed by atoms with Gasteiger partial charge in [-0.2, -0.15) is 0 Å². The number of amides is 1. The number of ether oxygens (including phenoxy) is 1. The van der Waals surface area contributed by atoms with Gasteiger partial charge < -0.3 is 14.9 Å². The van der Waals surface area contributed by atoms with Gasteiger partial charge in [0.15, 0.2) is 0 Å². The van der Waals surface area contributed by atoms with E-state index in [4.69, 9.17) is 19.9 Å². The van der Waals surface area contributed by atoms with E-state index in [0.717, 1.165) is 16.7 Å². The zero-order chi connectivity index (χ0) is 23.8. The molecule has 0 saturated heterocycles. The molecule has 1 aliphatic heterocycles. The third-order valence-electron chi connectivity index (χ3n) is 6.13. The van der Waals surface area contributed by atoms with E-state index in [0.29, 0.717) is 52.7 Å². The highest BCUT2D eigenvalue weighted by molar-refractivity contribution is 6.10. The van der Waals surface area contributed by atoms with Crippen LogP contribution < -0.4 is 5.73 Å². The molecule has 0 saturated carbocycles. The summed E-state index contributed by atoms with van der Waals surface area (Å²) in [6.07, 6.45) is 0.653. The van der Waals surface area contributed by atoms with Crippen LogP contribution in [0.5, 0.6) is 0 Å². The minimum Gasteiger partial charge on any atom is -0.475 e. The van der Waals surface area contributed by atoms with Crippen molar-refractivity contribution in [1.82, 2.24) is 0 Å². The number of hydrogen-bond acceptors (Lipinski definition) is 4. The zero-order valence-electron chi connectivity index (χ0n) is 19.0. The van der Waals surface area contributed by atoms with Crippen LogP contribution in [0.25, 0.3) is 22.3 Å². The predicted octanol–water partition coefficient (Wildman–Crippen LogP) is 5.73. The third kappa shape index (κ3) is 4.19. The molecule has 0 fully saturated rings. The van der Waals surface area contributed by atoms with Crippen LogP contribution in [0.4, 0.5) is 4.39 Å². The molecule has 3 aromatic carbocycles. The van der Waals surface area contributed by atoms with Crippen molar-refractivity contribution in [1.29, 1.82) is 0 Å². The van der Waals surface area contributed by atoms with Gasteiger partial charge in [0.2, 0.25) is 5.90 Å². The lowest BCUT2D eigenvalue weighted by atomic mass is 9.99. The van der Waals surface area contributed by atoms with Crippen molar-refractivity contribution < 1.29 is 18.3 Å². The number of rotatable bonds is 6. The Morgan fingerprint density at radius 1 is 1.06 bits per heavy atom. The van der Waals surface area contributed by atoms with Crippen LogP contribution in [0.15, 0.2) is 76.1 Å². The van der Waals surface area contributed by atoms with Gasteiger partial charge in [0, 0.05) is 16.5 Å². The highest BCUT2D eigenvalue weighted by Crippen LogP contribution is 2.34. The normalized spacial score (nSPS) is 15.5. The number of carbonyl (C=O) groups is 1. The monoisotopic (exact) mass is 456 g/mol. The number of nitrogens with zero attached hydrogens (tertiary/aromatic N) is 1. The van der Waals surface area contributed by atoms with Crippen LogP contribution in [0, 0.1) is 11.7 Å². The van der Waals surface area contributed by atoms with Crippen LogP contribution in [-0.4, -0.2) is 24.5 Å². The molecule has 5 rings (SSSR count). The Morgan fingerprint density at radius 3 is 2.53 bits per heavy atom. The molecule has 0 aliphatic carbocycles. The van der Waals surface area contributed by atoms with Crippen molar-refractivity contribution in [3.8, 4) is 11.3 Å². The standard InChI is InChI=1S/C28H25FN2O3/c1-16(2)23-15-33-28(31-23)20-5-3-4-17(13-20)12-18-6-11-24-22(14-18)25(27(30)32)26(34-24)19-7-9-21(29)10-8-19/h3-11,13-14,16,23H,12,15H2,1-2H3,(H2,30,32). The van der Waals surface area contributed by atoms with Crippen LogP contribution in [0.1, 0.15) is 40.9 Å². The summed E-state index contributed by atoms with van der Waals surface area (Å²) in [6, 6.07) is 19.9. The molecule has 0 spiro atoms. The smallest absolute Gasteiger partial charge is 0.253 e. The Morgan fingerprint density at radius 2 is 1.82 bits per heavy atom. The molecule has 5 nitrogen and oxygen atoms in total. The average molecular weight is 457 g/mol. The van der Waals surface area contributed by atoms with Gasteiger partial charge in [-0.3, -0.25) is 4.79 Å². The summed E-state index contributed by atoms with van der Waals surface area (Å²) < 4.78 is 25.2. The Hall–Kier alpha value is -3.93. The largest absolute Gasteiger partial charge is 0.475 e. The Labute approximate surface area is 197 Å².